The Bertz CT molecular complexity index is 1180. The molecule has 0 fully saturated rings. The van der Waals surface area contributed by atoms with Crippen molar-refractivity contribution in [3.8, 4) is 22.1 Å². The summed E-state index contributed by atoms with van der Waals surface area (Å²) in [4.78, 5) is 17.5. The molecule has 0 atom stereocenters. The smallest absolute Gasteiger partial charge is 0.275 e. The zero-order valence-electron chi connectivity index (χ0n) is 15.8. The Morgan fingerprint density at radius 3 is 2.39 bits per heavy atom. The third-order valence-corrected chi connectivity index (χ3v) is 5.17. The van der Waals surface area contributed by atoms with Crippen molar-refractivity contribution in [2.75, 3.05) is 7.11 Å². The summed E-state index contributed by atoms with van der Waals surface area (Å²) < 4.78 is 12.3. The lowest BCUT2D eigenvalue weighted by atomic mass is 10.1. The predicted molar refractivity (Wildman–Crippen MR) is 109 cm³/mol. The van der Waals surface area contributed by atoms with Gasteiger partial charge in [0.15, 0.2) is 0 Å². The summed E-state index contributed by atoms with van der Waals surface area (Å²) in [6, 6.07) is 15.0. The highest BCUT2D eigenvalue weighted by molar-refractivity contribution is 7.19. The van der Waals surface area contributed by atoms with E-state index < -0.39 is 0 Å². The number of aromatic nitrogens is 3. The molecule has 28 heavy (non-hydrogen) atoms. The quantitative estimate of drug-likeness (QED) is 0.512. The Morgan fingerprint density at radius 1 is 1.00 bits per heavy atom. The first kappa shape index (κ1) is 18.2. The van der Waals surface area contributed by atoms with Gasteiger partial charge in [-0.3, -0.25) is 4.79 Å². The van der Waals surface area contributed by atoms with Gasteiger partial charge in [-0.05, 0) is 61.4 Å². The van der Waals surface area contributed by atoms with E-state index >= 15 is 0 Å². The number of methoxy groups -OCH3 is 1. The number of nitrogens with zero attached hydrogens (tertiary/aromatic N) is 3. The van der Waals surface area contributed by atoms with E-state index in [1.165, 1.54) is 21.9 Å². The van der Waals surface area contributed by atoms with Crippen LogP contribution >= 0.6 is 11.3 Å². The molecule has 0 saturated carbocycles. The minimum atomic E-state index is -0.222. The van der Waals surface area contributed by atoms with Crippen molar-refractivity contribution in [1.82, 2.24) is 14.6 Å². The Kier molecular flexibility index (Phi) is 4.83. The van der Waals surface area contributed by atoms with E-state index in [0.29, 0.717) is 10.7 Å². The molecule has 7 heteroatoms. The van der Waals surface area contributed by atoms with E-state index in [0.717, 1.165) is 33.2 Å². The van der Waals surface area contributed by atoms with Crippen molar-refractivity contribution in [3.05, 3.63) is 75.7 Å². The summed E-state index contributed by atoms with van der Waals surface area (Å²) in [7, 11) is 1.62. The van der Waals surface area contributed by atoms with E-state index in [1.807, 2.05) is 50.2 Å². The van der Waals surface area contributed by atoms with Crippen LogP contribution in [0.25, 0.3) is 15.5 Å². The maximum atomic E-state index is 12.5. The van der Waals surface area contributed by atoms with Crippen LogP contribution < -0.4 is 15.0 Å². The van der Waals surface area contributed by atoms with Crippen LogP contribution in [0.5, 0.6) is 11.5 Å². The fourth-order valence-corrected chi connectivity index (χ4v) is 3.88. The van der Waals surface area contributed by atoms with Crippen LogP contribution in [0.15, 0.2) is 53.3 Å². The molecule has 2 aromatic carbocycles. The molecule has 2 heterocycles. The molecular weight excluding hydrogens is 374 g/mol. The molecule has 4 rings (SSSR count). The number of rotatable bonds is 5. The third-order valence-electron chi connectivity index (χ3n) is 4.22. The summed E-state index contributed by atoms with van der Waals surface area (Å²) in [6.45, 7) is 4.27. The second-order valence-corrected chi connectivity index (χ2v) is 7.48. The maximum Gasteiger partial charge on any atom is 0.275 e. The van der Waals surface area contributed by atoms with E-state index in [4.69, 9.17) is 9.47 Å². The van der Waals surface area contributed by atoms with Gasteiger partial charge in [-0.2, -0.15) is 9.61 Å². The fraction of sp³-hybridized carbons (Fsp3) is 0.190. The second kappa shape index (κ2) is 7.44. The maximum absolute atomic E-state index is 12.5. The average Bonchev–Trinajstić information content (AvgIpc) is 3.10. The lowest BCUT2D eigenvalue weighted by molar-refractivity contribution is 0.301. The third kappa shape index (κ3) is 3.75. The molecule has 2 aromatic heterocycles. The van der Waals surface area contributed by atoms with E-state index in [2.05, 4.69) is 16.1 Å². The number of ether oxygens (including phenoxy) is 2. The highest BCUT2D eigenvalue weighted by atomic mass is 32.1. The Labute approximate surface area is 166 Å². The molecule has 0 aliphatic carbocycles. The highest BCUT2D eigenvalue weighted by Gasteiger charge is 2.11. The van der Waals surface area contributed by atoms with Gasteiger partial charge in [0.05, 0.1) is 12.8 Å². The average molecular weight is 393 g/mol. The molecule has 4 aromatic rings. The number of hydrogen-bond donors (Lipinski definition) is 0. The number of benzene rings is 2. The lowest BCUT2D eigenvalue weighted by Crippen LogP contribution is -2.16. The Morgan fingerprint density at radius 2 is 1.71 bits per heavy atom. The van der Waals surface area contributed by atoms with Gasteiger partial charge in [0.2, 0.25) is 4.96 Å². The zero-order valence-corrected chi connectivity index (χ0v) is 16.6. The summed E-state index contributed by atoms with van der Waals surface area (Å²) in [5.74, 6) is 1.54. The SMILES string of the molecule is COc1ccc(-c2nn3c(=O)cc(COc4cc(C)cc(C)c4)nc3s2)cc1. The van der Waals surface area contributed by atoms with Crippen LogP contribution in [-0.2, 0) is 6.61 Å². The molecule has 142 valence electrons. The van der Waals surface area contributed by atoms with Crippen LogP contribution in [0.4, 0.5) is 0 Å². The monoisotopic (exact) mass is 393 g/mol. The molecule has 0 radical (unpaired) electrons. The normalized spacial score (nSPS) is 11.0. The fourth-order valence-electron chi connectivity index (χ4n) is 2.95. The minimum Gasteiger partial charge on any atom is -0.497 e. The van der Waals surface area contributed by atoms with Gasteiger partial charge in [0.1, 0.15) is 23.1 Å². The van der Waals surface area contributed by atoms with Crippen molar-refractivity contribution < 1.29 is 9.47 Å². The minimum absolute atomic E-state index is 0.222. The van der Waals surface area contributed by atoms with Gasteiger partial charge < -0.3 is 9.47 Å². The van der Waals surface area contributed by atoms with Crippen LogP contribution in [-0.4, -0.2) is 21.7 Å². The lowest BCUT2D eigenvalue weighted by Gasteiger charge is -2.07. The van der Waals surface area contributed by atoms with E-state index in [9.17, 15) is 4.79 Å². The van der Waals surface area contributed by atoms with Gasteiger partial charge >= 0.3 is 0 Å². The van der Waals surface area contributed by atoms with Crippen LogP contribution in [0.3, 0.4) is 0 Å². The van der Waals surface area contributed by atoms with Crippen molar-refractivity contribution in [2.24, 2.45) is 0 Å². The van der Waals surface area contributed by atoms with Gasteiger partial charge in [-0.1, -0.05) is 17.4 Å². The second-order valence-electron chi connectivity index (χ2n) is 6.53. The number of hydrogen-bond acceptors (Lipinski definition) is 6. The zero-order chi connectivity index (χ0) is 19.7. The largest absolute Gasteiger partial charge is 0.497 e. The van der Waals surface area contributed by atoms with Gasteiger partial charge in [-0.15, -0.1) is 0 Å². The molecule has 0 aliphatic rings. The molecule has 0 saturated heterocycles. The predicted octanol–water partition coefficient (Wildman–Crippen LogP) is 4.02. The first-order valence-electron chi connectivity index (χ1n) is 8.77. The molecule has 0 spiro atoms. The molecule has 0 unspecified atom stereocenters. The van der Waals surface area contributed by atoms with Crippen molar-refractivity contribution in [2.45, 2.75) is 20.5 Å². The van der Waals surface area contributed by atoms with Crippen LogP contribution in [0, 0.1) is 13.8 Å². The Hall–Kier alpha value is -3.19. The van der Waals surface area contributed by atoms with E-state index in [-0.39, 0.29) is 12.2 Å². The van der Waals surface area contributed by atoms with Gasteiger partial charge in [0.25, 0.3) is 5.56 Å². The molecular formula is C21H19N3O3S. The topological polar surface area (TPSA) is 65.7 Å². The van der Waals surface area contributed by atoms with Crippen molar-refractivity contribution in [3.63, 3.8) is 0 Å². The molecule has 0 N–H and O–H groups in total. The molecule has 6 nitrogen and oxygen atoms in total. The first-order chi connectivity index (χ1) is 13.5. The van der Waals surface area contributed by atoms with Gasteiger partial charge in [-0.25, -0.2) is 4.98 Å². The summed E-state index contributed by atoms with van der Waals surface area (Å²) >= 11 is 1.36. The summed E-state index contributed by atoms with van der Waals surface area (Å²) in [6.07, 6.45) is 0. The molecule has 0 bridgehead atoms. The van der Waals surface area contributed by atoms with Crippen LogP contribution in [0.1, 0.15) is 16.8 Å². The Balaban J connectivity index is 1.61. The summed E-state index contributed by atoms with van der Waals surface area (Å²) in [5, 5.41) is 5.12. The standard InChI is InChI=1S/C21H19N3O3S/c1-13-8-14(2)10-18(9-13)27-12-16-11-19(25)24-21(22-16)28-20(23-24)15-4-6-17(26-3)7-5-15/h4-11H,12H2,1-3H3. The van der Waals surface area contributed by atoms with Crippen molar-refractivity contribution >= 4 is 16.3 Å². The molecule has 0 aliphatic heterocycles. The summed E-state index contributed by atoms with van der Waals surface area (Å²) in [5.41, 5.74) is 3.52. The number of aryl methyl sites for hydroxylation is 2. The van der Waals surface area contributed by atoms with Crippen LogP contribution in [0.2, 0.25) is 0 Å². The highest BCUT2D eigenvalue weighted by Crippen LogP contribution is 2.26. The van der Waals surface area contributed by atoms with Crippen molar-refractivity contribution in [1.29, 1.82) is 0 Å². The first-order valence-corrected chi connectivity index (χ1v) is 9.59. The number of fused-ring (bicyclic) bond motifs is 1. The van der Waals surface area contributed by atoms with E-state index in [1.54, 1.807) is 7.11 Å². The van der Waals surface area contributed by atoms with Gasteiger partial charge in [0, 0.05) is 11.6 Å². The molecule has 0 amide bonds.